The third-order valence-electron chi connectivity index (χ3n) is 2.81. The molecule has 90 valence electrons. The van der Waals surface area contributed by atoms with E-state index in [-0.39, 0.29) is 24.4 Å². The molecule has 1 fully saturated rings. The van der Waals surface area contributed by atoms with Crippen LogP contribution in [0, 0.1) is 0 Å². The fourth-order valence-corrected chi connectivity index (χ4v) is 1.79. The summed E-state index contributed by atoms with van der Waals surface area (Å²) in [5.41, 5.74) is 0.888. The Bertz CT molecular complexity index is 419. The topological polar surface area (TPSA) is 62.3 Å². The number of nitrogens with zero attached hydrogens (tertiary/aromatic N) is 2. The van der Waals surface area contributed by atoms with Gasteiger partial charge >= 0.3 is 0 Å². The maximum atomic E-state index is 11.8. The van der Waals surface area contributed by atoms with E-state index in [2.05, 4.69) is 10.3 Å². The van der Waals surface area contributed by atoms with Crippen LogP contribution in [0.25, 0.3) is 0 Å². The van der Waals surface area contributed by atoms with Gasteiger partial charge in [-0.15, -0.1) is 0 Å². The molecule has 5 heteroatoms. The van der Waals surface area contributed by atoms with Gasteiger partial charge in [0, 0.05) is 24.9 Å². The minimum atomic E-state index is -0.281. The fourth-order valence-electron chi connectivity index (χ4n) is 1.79. The summed E-state index contributed by atoms with van der Waals surface area (Å²) in [4.78, 5) is 28.9. The van der Waals surface area contributed by atoms with Gasteiger partial charge in [0.15, 0.2) is 0 Å². The van der Waals surface area contributed by atoms with Crippen molar-refractivity contribution in [3.8, 4) is 0 Å². The standard InChI is InChI=1S/C12H15N3O2/c1-9-12(17)15(11(16)8-14-9)7-5-10-4-2-3-6-13-10/h2-4,6,9,14H,5,7-8H2,1H3. The van der Waals surface area contributed by atoms with Crippen molar-refractivity contribution in [3.63, 3.8) is 0 Å². The van der Waals surface area contributed by atoms with Gasteiger partial charge in [-0.1, -0.05) is 6.07 Å². The number of aromatic nitrogens is 1. The predicted octanol–water partition coefficient (Wildman–Crippen LogP) is -0.0290. The lowest BCUT2D eigenvalue weighted by Gasteiger charge is -2.29. The molecule has 17 heavy (non-hydrogen) atoms. The second-order valence-corrected chi connectivity index (χ2v) is 4.06. The molecule has 1 aliphatic heterocycles. The lowest BCUT2D eigenvalue weighted by molar-refractivity contribution is -0.148. The van der Waals surface area contributed by atoms with Gasteiger partial charge in [-0.2, -0.15) is 0 Å². The van der Waals surface area contributed by atoms with Crippen LogP contribution in [-0.4, -0.2) is 40.8 Å². The molecule has 2 rings (SSSR count). The number of amides is 2. The number of pyridine rings is 1. The van der Waals surface area contributed by atoms with E-state index >= 15 is 0 Å². The first-order chi connectivity index (χ1) is 8.18. The molecule has 0 bridgehead atoms. The number of imide groups is 1. The first kappa shape index (κ1) is 11.7. The van der Waals surface area contributed by atoms with Crippen LogP contribution in [0.2, 0.25) is 0 Å². The largest absolute Gasteiger partial charge is 0.298 e. The summed E-state index contributed by atoms with van der Waals surface area (Å²) in [5.74, 6) is -0.318. The molecule has 1 N–H and O–H groups in total. The number of hydrogen-bond acceptors (Lipinski definition) is 4. The van der Waals surface area contributed by atoms with Gasteiger partial charge in [-0.25, -0.2) is 0 Å². The summed E-state index contributed by atoms with van der Waals surface area (Å²) < 4.78 is 0. The number of rotatable bonds is 3. The SMILES string of the molecule is CC1NCC(=O)N(CCc2ccccn2)C1=O. The van der Waals surface area contributed by atoms with Crippen LogP contribution in [0.5, 0.6) is 0 Å². The zero-order valence-corrected chi connectivity index (χ0v) is 9.72. The summed E-state index contributed by atoms with van der Waals surface area (Å²) in [6.45, 7) is 2.40. The third kappa shape index (κ3) is 2.68. The monoisotopic (exact) mass is 233 g/mol. The molecule has 2 amide bonds. The van der Waals surface area contributed by atoms with Crippen LogP contribution in [0.4, 0.5) is 0 Å². The molecule has 0 radical (unpaired) electrons. The second kappa shape index (κ2) is 5.05. The number of hydrogen-bond donors (Lipinski definition) is 1. The van der Waals surface area contributed by atoms with E-state index in [1.807, 2.05) is 18.2 Å². The van der Waals surface area contributed by atoms with Gasteiger partial charge < -0.3 is 0 Å². The fraction of sp³-hybridized carbons (Fsp3) is 0.417. The Morgan fingerprint density at radius 2 is 2.29 bits per heavy atom. The molecule has 1 aromatic rings. The van der Waals surface area contributed by atoms with E-state index in [1.165, 1.54) is 4.90 Å². The molecule has 0 saturated carbocycles. The Morgan fingerprint density at radius 3 is 3.00 bits per heavy atom. The molecule has 0 spiro atoms. The van der Waals surface area contributed by atoms with E-state index < -0.39 is 0 Å². The van der Waals surface area contributed by atoms with Gasteiger partial charge in [0.25, 0.3) is 0 Å². The van der Waals surface area contributed by atoms with Crippen LogP contribution in [0.1, 0.15) is 12.6 Å². The van der Waals surface area contributed by atoms with Gasteiger partial charge in [-0.05, 0) is 19.1 Å². The van der Waals surface area contributed by atoms with E-state index in [9.17, 15) is 9.59 Å². The van der Waals surface area contributed by atoms with E-state index in [0.717, 1.165) is 5.69 Å². The number of carbonyl (C=O) groups excluding carboxylic acids is 2. The highest BCUT2D eigenvalue weighted by molar-refractivity contribution is 6.00. The first-order valence-corrected chi connectivity index (χ1v) is 5.66. The summed E-state index contributed by atoms with van der Waals surface area (Å²) in [7, 11) is 0. The minimum absolute atomic E-state index is 0.155. The molecule has 0 aliphatic carbocycles. The zero-order valence-electron chi connectivity index (χ0n) is 9.72. The lowest BCUT2D eigenvalue weighted by atomic mass is 10.2. The highest BCUT2D eigenvalue weighted by atomic mass is 16.2. The predicted molar refractivity (Wildman–Crippen MR) is 62.1 cm³/mol. The van der Waals surface area contributed by atoms with Gasteiger partial charge in [-0.3, -0.25) is 24.8 Å². The first-order valence-electron chi connectivity index (χ1n) is 5.66. The van der Waals surface area contributed by atoms with Crippen molar-refractivity contribution in [2.45, 2.75) is 19.4 Å². The third-order valence-corrected chi connectivity index (χ3v) is 2.81. The van der Waals surface area contributed by atoms with Crippen LogP contribution in [0.3, 0.4) is 0 Å². The van der Waals surface area contributed by atoms with Crippen molar-refractivity contribution in [1.82, 2.24) is 15.2 Å². The second-order valence-electron chi connectivity index (χ2n) is 4.06. The van der Waals surface area contributed by atoms with Crippen molar-refractivity contribution in [3.05, 3.63) is 30.1 Å². The molecule has 2 heterocycles. The molecule has 1 saturated heterocycles. The van der Waals surface area contributed by atoms with Crippen LogP contribution in [-0.2, 0) is 16.0 Å². The Morgan fingerprint density at radius 1 is 1.47 bits per heavy atom. The summed E-state index contributed by atoms with van der Waals surface area (Å²) in [5, 5.41) is 2.85. The molecule has 1 atom stereocenters. The molecular formula is C12H15N3O2. The average molecular weight is 233 g/mol. The average Bonchev–Trinajstić information content (AvgIpc) is 2.35. The van der Waals surface area contributed by atoms with Crippen molar-refractivity contribution in [1.29, 1.82) is 0 Å². The maximum absolute atomic E-state index is 11.8. The Labute approximate surface area is 99.8 Å². The molecule has 1 aliphatic rings. The molecular weight excluding hydrogens is 218 g/mol. The Kier molecular flexibility index (Phi) is 3.49. The number of carbonyl (C=O) groups is 2. The van der Waals surface area contributed by atoms with Gasteiger partial charge in [0.2, 0.25) is 11.8 Å². The summed E-state index contributed by atoms with van der Waals surface area (Å²) in [6.07, 6.45) is 2.31. The quantitative estimate of drug-likeness (QED) is 0.745. The molecule has 1 unspecified atom stereocenters. The van der Waals surface area contributed by atoms with Crippen molar-refractivity contribution >= 4 is 11.8 Å². The zero-order chi connectivity index (χ0) is 12.3. The van der Waals surface area contributed by atoms with Gasteiger partial charge in [0.1, 0.15) is 0 Å². The normalized spacial score (nSPS) is 20.8. The van der Waals surface area contributed by atoms with E-state index in [4.69, 9.17) is 0 Å². The summed E-state index contributed by atoms with van der Waals surface area (Å²) >= 11 is 0. The minimum Gasteiger partial charge on any atom is -0.298 e. The smallest absolute Gasteiger partial charge is 0.246 e. The Balaban J connectivity index is 1.98. The number of nitrogens with one attached hydrogen (secondary N) is 1. The lowest BCUT2D eigenvalue weighted by Crippen LogP contribution is -2.57. The molecule has 0 aromatic carbocycles. The highest BCUT2D eigenvalue weighted by Gasteiger charge is 2.30. The van der Waals surface area contributed by atoms with Crippen molar-refractivity contribution < 1.29 is 9.59 Å². The van der Waals surface area contributed by atoms with Crippen molar-refractivity contribution in [2.75, 3.05) is 13.1 Å². The van der Waals surface area contributed by atoms with Crippen LogP contribution >= 0.6 is 0 Å². The molecule has 1 aromatic heterocycles. The molecule has 5 nitrogen and oxygen atoms in total. The summed E-state index contributed by atoms with van der Waals surface area (Å²) in [6, 6.07) is 5.34. The highest BCUT2D eigenvalue weighted by Crippen LogP contribution is 2.04. The van der Waals surface area contributed by atoms with Crippen LogP contribution < -0.4 is 5.32 Å². The maximum Gasteiger partial charge on any atom is 0.246 e. The van der Waals surface area contributed by atoms with Crippen molar-refractivity contribution in [2.24, 2.45) is 0 Å². The Hall–Kier alpha value is -1.75. The van der Waals surface area contributed by atoms with Gasteiger partial charge in [0.05, 0.1) is 12.6 Å². The van der Waals surface area contributed by atoms with E-state index in [1.54, 1.807) is 13.1 Å². The van der Waals surface area contributed by atoms with E-state index in [0.29, 0.717) is 13.0 Å². The van der Waals surface area contributed by atoms with Crippen LogP contribution in [0.15, 0.2) is 24.4 Å². The number of piperazine rings is 1.